The van der Waals surface area contributed by atoms with E-state index in [1.54, 1.807) is 20.8 Å². The summed E-state index contributed by atoms with van der Waals surface area (Å²) < 4.78 is 10.6. The first-order valence-corrected chi connectivity index (χ1v) is 15.4. The second-order valence-corrected chi connectivity index (χ2v) is 12.8. The zero-order valence-corrected chi connectivity index (χ0v) is 26.0. The number of tetrazole rings is 1. The van der Waals surface area contributed by atoms with Gasteiger partial charge in [0, 0.05) is 35.3 Å². The fraction of sp³-hybridized carbons (Fsp3) is 0.478. The number of hydrogen-bond donors (Lipinski definition) is 4. The number of carboxylic acids is 1. The number of aliphatic carboxylic acids is 1. The fourth-order valence-corrected chi connectivity index (χ4v) is 6.66. The molecule has 0 bridgehead atoms. The topological polar surface area (TPSA) is 242 Å². The van der Waals surface area contributed by atoms with Gasteiger partial charge in [0.15, 0.2) is 11.7 Å². The van der Waals surface area contributed by atoms with Crippen LogP contribution in [0.4, 0.5) is 9.93 Å². The van der Waals surface area contributed by atoms with Gasteiger partial charge in [-0.1, -0.05) is 11.1 Å². The van der Waals surface area contributed by atoms with E-state index in [0.29, 0.717) is 29.6 Å². The van der Waals surface area contributed by atoms with E-state index in [1.807, 2.05) is 0 Å². The van der Waals surface area contributed by atoms with E-state index in [4.69, 9.17) is 21.7 Å². The lowest BCUT2D eigenvalue weighted by atomic mass is 10.0. The summed E-state index contributed by atoms with van der Waals surface area (Å²) in [4.78, 5) is 60.6. The molecule has 3 amide bonds. The van der Waals surface area contributed by atoms with E-state index in [0.717, 1.165) is 28.2 Å². The monoisotopic (exact) mass is 665 g/mol. The third-order valence-electron chi connectivity index (χ3n) is 5.52. The number of oxime groups is 1. The molecule has 0 aliphatic carbocycles. The highest BCUT2D eigenvalue weighted by molar-refractivity contribution is 8.06. The zero-order chi connectivity index (χ0) is 32.0. The summed E-state index contributed by atoms with van der Waals surface area (Å²) in [7, 11) is 0. The number of terminal acetylenes is 1. The van der Waals surface area contributed by atoms with Crippen LogP contribution in [0.3, 0.4) is 0 Å². The average molecular weight is 666 g/mol. The number of rotatable bonds is 12. The lowest BCUT2D eigenvalue weighted by Crippen LogP contribution is -2.71. The standard InChI is InChI=1S/C23H27N11O7S3/c1-5-9-40-29-12(15-27-20(24)44-30-15)16(35)26-13-17(36)34-14(19(37)38)11(10-42-18(13)34)43-21-28-31-32-33(21)8-6-7-25-22(39)41-23(2,3)4/h1,13,18H,6-10H2,2-4H3,(H,25,39)(H,26,35)(H,37,38)(H2,24,27,30)/t13?,18-/m0/s1. The lowest BCUT2D eigenvalue weighted by Gasteiger charge is -2.49. The van der Waals surface area contributed by atoms with Crippen LogP contribution in [0.15, 0.2) is 20.9 Å². The van der Waals surface area contributed by atoms with Crippen molar-refractivity contribution in [1.82, 2.24) is 45.1 Å². The van der Waals surface area contributed by atoms with Crippen LogP contribution >= 0.6 is 35.1 Å². The summed E-state index contributed by atoms with van der Waals surface area (Å²) in [5.74, 6) is -0.534. The molecule has 2 aliphatic heterocycles. The molecule has 0 radical (unpaired) electrons. The third-order valence-corrected chi connectivity index (χ3v) is 8.59. The first-order valence-electron chi connectivity index (χ1n) is 12.8. The second kappa shape index (κ2) is 13.9. The smallest absolute Gasteiger partial charge is 0.407 e. The SMILES string of the molecule is C#CCON=C(C(=O)NC1C(=O)N2C(C(=O)O)=C(Sc3nnnn3CCCNC(=O)OC(C)(C)C)CS[C@@H]12)c1nsc(N)n1. The van der Waals surface area contributed by atoms with Gasteiger partial charge in [-0.05, 0) is 49.4 Å². The average Bonchev–Trinajstić information content (AvgIpc) is 3.59. The van der Waals surface area contributed by atoms with Gasteiger partial charge in [0.25, 0.3) is 11.8 Å². The minimum Gasteiger partial charge on any atom is -0.477 e. The Morgan fingerprint density at radius 3 is 2.77 bits per heavy atom. The van der Waals surface area contributed by atoms with E-state index in [9.17, 15) is 24.3 Å². The largest absolute Gasteiger partial charge is 0.477 e. The van der Waals surface area contributed by atoms with Gasteiger partial charge in [0.2, 0.25) is 16.7 Å². The van der Waals surface area contributed by atoms with Crippen LogP contribution in [0.1, 0.15) is 33.0 Å². The molecule has 0 saturated carbocycles. The van der Waals surface area contributed by atoms with E-state index in [-0.39, 0.29) is 34.7 Å². The van der Waals surface area contributed by atoms with Crippen LogP contribution in [0.25, 0.3) is 0 Å². The number of alkyl carbamates (subject to hydrolysis) is 1. The number of nitrogens with zero attached hydrogens (tertiary/aromatic N) is 8. The number of thioether (sulfide) groups is 2. The Balaban J connectivity index is 1.41. The molecule has 234 valence electrons. The molecule has 1 unspecified atom stereocenters. The molecule has 2 aromatic heterocycles. The number of anilines is 1. The summed E-state index contributed by atoms with van der Waals surface area (Å²) in [6.07, 6.45) is 5.08. The zero-order valence-electron chi connectivity index (χ0n) is 23.5. The molecule has 18 nitrogen and oxygen atoms in total. The highest BCUT2D eigenvalue weighted by Crippen LogP contribution is 2.44. The number of nitrogens with two attached hydrogens (primary N) is 1. The number of carbonyl (C=O) groups is 4. The van der Waals surface area contributed by atoms with Crippen molar-refractivity contribution in [3.63, 3.8) is 0 Å². The van der Waals surface area contributed by atoms with Crippen LogP contribution in [0.2, 0.25) is 0 Å². The molecular weight excluding hydrogens is 639 g/mol. The molecule has 21 heteroatoms. The van der Waals surface area contributed by atoms with Crippen molar-refractivity contribution in [3.8, 4) is 12.3 Å². The van der Waals surface area contributed by atoms with Gasteiger partial charge in [-0.2, -0.15) is 9.36 Å². The van der Waals surface area contributed by atoms with Crippen molar-refractivity contribution < 1.29 is 33.9 Å². The molecule has 4 heterocycles. The Morgan fingerprint density at radius 1 is 1.34 bits per heavy atom. The maximum Gasteiger partial charge on any atom is 0.407 e. The quantitative estimate of drug-likeness (QED) is 0.0758. The fourth-order valence-electron chi connectivity index (χ4n) is 3.78. The van der Waals surface area contributed by atoms with E-state index in [2.05, 4.69) is 46.6 Å². The van der Waals surface area contributed by atoms with Crippen LogP contribution < -0.4 is 16.4 Å². The third kappa shape index (κ3) is 7.74. The van der Waals surface area contributed by atoms with Gasteiger partial charge in [0.1, 0.15) is 22.7 Å². The molecule has 0 spiro atoms. The lowest BCUT2D eigenvalue weighted by molar-refractivity contribution is -0.150. The highest BCUT2D eigenvalue weighted by Gasteiger charge is 2.54. The summed E-state index contributed by atoms with van der Waals surface area (Å²) >= 11 is 3.09. The number of carboxylic acid groups (broad SMARTS) is 1. The molecule has 2 aromatic rings. The minimum absolute atomic E-state index is 0.0796. The van der Waals surface area contributed by atoms with Crippen molar-refractivity contribution in [1.29, 1.82) is 0 Å². The Morgan fingerprint density at radius 2 is 2.11 bits per heavy atom. The van der Waals surface area contributed by atoms with Crippen molar-refractivity contribution in [2.24, 2.45) is 5.16 Å². The summed E-state index contributed by atoms with van der Waals surface area (Å²) in [5.41, 5.74) is 4.41. The van der Waals surface area contributed by atoms with Crippen LogP contribution in [0, 0.1) is 12.3 Å². The van der Waals surface area contributed by atoms with Gasteiger partial charge in [-0.15, -0.1) is 23.3 Å². The molecule has 1 fully saturated rings. The number of aryl methyl sites for hydroxylation is 1. The summed E-state index contributed by atoms with van der Waals surface area (Å²) in [6, 6.07) is -1.06. The number of ether oxygens (including phenoxy) is 1. The van der Waals surface area contributed by atoms with Crippen LogP contribution in [-0.2, 0) is 30.5 Å². The Kier molecular flexibility index (Phi) is 10.3. The van der Waals surface area contributed by atoms with E-state index >= 15 is 0 Å². The summed E-state index contributed by atoms with van der Waals surface area (Å²) in [5, 5.41) is 30.2. The van der Waals surface area contributed by atoms with Gasteiger partial charge < -0.3 is 31.0 Å². The van der Waals surface area contributed by atoms with Gasteiger partial charge in [0.05, 0.1) is 0 Å². The molecular formula is C23H27N11O7S3. The second-order valence-electron chi connectivity index (χ2n) is 9.88. The maximum absolute atomic E-state index is 13.2. The number of β-lactam (4-membered cyclic amide) rings is 1. The molecule has 4 rings (SSSR count). The maximum atomic E-state index is 13.2. The molecule has 2 aliphatic rings. The van der Waals surface area contributed by atoms with Crippen molar-refractivity contribution in [2.75, 3.05) is 24.6 Å². The van der Waals surface area contributed by atoms with Crippen molar-refractivity contribution >= 4 is 69.8 Å². The number of amides is 3. The number of aromatic nitrogens is 6. The van der Waals surface area contributed by atoms with Gasteiger partial charge in [-0.3, -0.25) is 14.5 Å². The summed E-state index contributed by atoms with van der Waals surface area (Å²) in [6.45, 7) is 5.66. The molecule has 0 aromatic carbocycles. The molecule has 2 atom stereocenters. The van der Waals surface area contributed by atoms with Gasteiger partial charge in [-0.25, -0.2) is 14.3 Å². The number of nitrogens with one attached hydrogen (secondary N) is 2. The number of fused-ring (bicyclic) bond motifs is 1. The molecule has 1 saturated heterocycles. The molecule has 5 N–H and O–H groups in total. The Hall–Kier alpha value is -4.42. The normalized spacial score (nSPS) is 18.2. The highest BCUT2D eigenvalue weighted by atomic mass is 32.2. The van der Waals surface area contributed by atoms with Crippen molar-refractivity contribution in [3.05, 3.63) is 16.4 Å². The molecule has 44 heavy (non-hydrogen) atoms. The predicted octanol–water partition coefficient (Wildman–Crippen LogP) is -0.136. The van der Waals surface area contributed by atoms with E-state index in [1.165, 1.54) is 16.4 Å². The van der Waals surface area contributed by atoms with E-state index < -0.39 is 40.9 Å². The Bertz CT molecular complexity index is 1540. The first-order chi connectivity index (χ1) is 20.9. The Labute approximate surface area is 262 Å². The predicted molar refractivity (Wildman–Crippen MR) is 158 cm³/mol. The van der Waals surface area contributed by atoms with Crippen LogP contribution in [0.5, 0.6) is 0 Å². The van der Waals surface area contributed by atoms with Gasteiger partial charge >= 0.3 is 12.1 Å². The first kappa shape index (κ1) is 32.5. The number of nitrogen functional groups attached to an aromatic ring is 1. The number of hydrogen-bond acceptors (Lipinski definition) is 16. The number of carbonyl (C=O) groups excluding carboxylic acids is 3. The van der Waals surface area contributed by atoms with Crippen molar-refractivity contribution in [2.45, 2.75) is 55.9 Å². The minimum atomic E-state index is -1.33. The van der Waals surface area contributed by atoms with Crippen LogP contribution in [-0.4, -0.2) is 105 Å².